The lowest BCUT2D eigenvalue weighted by Crippen LogP contribution is -2.47. The molecule has 0 spiro atoms. The van der Waals surface area contributed by atoms with Crippen molar-refractivity contribution < 1.29 is 5.11 Å². The van der Waals surface area contributed by atoms with E-state index in [0.29, 0.717) is 6.04 Å². The number of rotatable bonds is 3. The second-order valence-electron chi connectivity index (χ2n) is 5.08. The summed E-state index contributed by atoms with van der Waals surface area (Å²) in [4.78, 5) is 0. The molecule has 2 fully saturated rings. The van der Waals surface area contributed by atoms with Crippen molar-refractivity contribution in [3.63, 3.8) is 0 Å². The highest BCUT2D eigenvalue weighted by Gasteiger charge is 2.29. The van der Waals surface area contributed by atoms with Crippen molar-refractivity contribution in [3.8, 4) is 0 Å². The van der Waals surface area contributed by atoms with Crippen LogP contribution in [-0.2, 0) is 0 Å². The molecule has 1 aliphatic carbocycles. The zero-order chi connectivity index (χ0) is 10.6. The summed E-state index contributed by atoms with van der Waals surface area (Å²) < 4.78 is 0. The summed E-state index contributed by atoms with van der Waals surface area (Å²) >= 11 is 2.04. The molecule has 0 unspecified atom stereocenters. The Balaban J connectivity index is 1.70. The predicted molar refractivity (Wildman–Crippen MR) is 66.4 cm³/mol. The molecule has 0 amide bonds. The summed E-state index contributed by atoms with van der Waals surface area (Å²) in [6, 6.07) is 0.648. The molecule has 1 atom stereocenters. The molecule has 0 aromatic rings. The van der Waals surface area contributed by atoms with Crippen LogP contribution in [0.4, 0.5) is 0 Å². The zero-order valence-corrected chi connectivity index (χ0v) is 10.3. The Morgan fingerprint density at radius 3 is 2.67 bits per heavy atom. The summed E-state index contributed by atoms with van der Waals surface area (Å²) in [6.07, 6.45) is 8.35. The van der Waals surface area contributed by atoms with Crippen LogP contribution in [0, 0.1) is 0 Å². The van der Waals surface area contributed by atoms with Gasteiger partial charge in [0.1, 0.15) is 0 Å². The molecule has 88 valence electrons. The summed E-state index contributed by atoms with van der Waals surface area (Å²) in [5.41, 5.74) is -0.389. The van der Waals surface area contributed by atoms with E-state index in [1.807, 2.05) is 11.8 Å². The van der Waals surface area contributed by atoms with Crippen molar-refractivity contribution in [3.05, 3.63) is 0 Å². The van der Waals surface area contributed by atoms with Gasteiger partial charge in [0.2, 0.25) is 0 Å². The summed E-state index contributed by atoms with van der Waals surface area (Å²) in [6.45, 7) is 0.818. The highest BCUT2D eigenvalue weighted by molar-refractivity contribution is 7.99. The lowest BCUT2D eigenvalue weighted by atomic mass is 9.84. The van der Waals surface area contributed by atoms with Gasteiger partial charge in [-0.05, 0) is 31.4 Å². The first-order valence-electron chi connectivity index (χ1n) is 6.32. The zero-order valence-electron chi connectivity index (χ0n) is 9.50. The SMILES string of the molecule is OC1(CN[C@H]2CCCSC2)CCCCC1. The molecule has 1 aliphatic heterocycles. The van der Waals surface area contributed by atoms with Crippen molar-refractivity contribution >= 4 is 11.8 Å². The molecule has 2 nitrogen and oxygen atoms in total. The van der Waals surface area contributed by atoms with Gasteiger partial charge in [0.15, 0.2) is 0 Å². The number of hydrogen-bond donors (Lipinski definition) is 2. The van der Waals surface area contributed by atoms with Gasteiger partial charge in [-0.15, -0.1) is 0 Å². The van der Waals surface area contributed by atoms with Crippen LogP contribution >= 0.6 is 11.8 Å². The molecule has 1 saturated carbocycles. The van der Waals surface area contributed by atoms with Gasteiger partial charge in [-0.2, -0.15) is 11.8 Å². The normalized spacial score (nSPS) is 31.4. The lowest BCUT2D eigenvalue weighted by molar-refractivity contribution is 0.00292. The number of aliphatic hydroxyl groups is 1. The fourth-order valence-corrected chi connectivity index (χ4v) is 3.73. The second-order valence-corrected chi connectivity index (χ2v) is 6.23. The molecule has 1 saturated heterocycles. The molecule has 2 aliphatic rings. The van der Waals surface area contributed by atoms with E-state index in [1.54, 1.807) is 0 Å². The molecule has 3 heteroatoms. The van der Waals surface area contributed by atoms with Crippen LogP contribution in [0.3, 0.4) is 0 Å². The lowest BCUT2D eigenvalue weighted by Gasteiger charge is -2.34. The molecule has 1 heterocycles. The third-order valence-electron chi connectivity index (χ3n) is 3.66. The standard InChI is InChI=1S/C12H23NOS/c14-12(6-2-1-3-7-12)10-13-11-5-4-8-15-9-11/h11,13-14H,1-10H2/t11-/m0/s1. The Morgan fingerprint density at radius 2 is 2.00 bits per heavy atom. The van der Waals surface area contributed by atoms with Gasteiger partial charge < -0.3 is 10.4 Å². The van der Waals surface area contributed by atoms with E-state index in [-0.39, 0.29) is 5.60 Å². The summed E-state index contributed by atoms with van der Waals surface area (Å²) in [5, 5.41) is 13.9. The van der Waals surface area contributed by atoms with Crippen LogP contribution in [0.1, 0.15) is 44.9 Å². The molecule has 2 rings (SSSR count). The van der Waals surface area contributed by atoms with Gasteiger partial charge in [-0.3, -0.25) is 0 Å². The van der Waals surface area contributed by atoms with E-state index in [1.165, 1.54) is 43.6 Å². The number of thioether (sulfide) groups is 1. The van der Waals surface area contributed by atoms with E-state index in [0.717, 1.165) is 19.4 Å². The van der Waals surface area contributed by atoms with E-state index in [4.69, 9.17) is 0 Å². The fraction of sp³-hybridized carbons (Fsp3) is 1.00. The topological polar surface area (TPSA) is 32.3 Å². The second kappa shape index (κ2) is 5.55. The maximum atomic E-state index is 10.3. The maximum Gasteiger partial charge on any atom is 0.0771 e. The minimum absolute atomic E-state index is 0.389. The average molecular weight is 229 g/mol. The van der Waals surface area contributed by atoms with E-state index in [9.17, 15) is 5.11 Å². The molecular formula is C12H23NOS. The summed E-state index contributed by atoms with van der Waals surface area (Å²) in [5.74, 6) is 2.55. The third kappa shape index (κ3) is 3.65. The average Bonchev–Trinajstić information content (AvgIpc) is 2.29. The quantitative estimate of drug-likeness (QED) is 0.778. The van der Waals surface area contributed by atoms with Gasteiger partial charge in [0, 0.05) is 18.3 Å². The maximum absolute atomic E-state index is 10.3. The van der Waals surface area contributed by atoms with Crippen LogP contribution < -0.4 is 5.32 Å². The molecule has 0 bridgehead atoms. The first-order chi connectivity index (χ1) is 7.29. The monoisotopic (exact) mass is 229 g/mol. The van der Waals surface area contributed by atoms with Crippen molar-refractivity contribution in [2.24, 2.45) is 0 Å². The van der Waals surface area contributed by atoms with Crippen LogP contribution in [0.5, 0.6) is 0 Å². The molecule has 15 heavy (non-hydrogen) atoms. The smallest absolute Gasteiger partial charge is 0.0771 e. The Labute approximate surface area is 97.2 Å². The fourth-order valence-electron chi connectivity index (χ4n) is 2.62. The highest BCUT2D eigenvalue weighted by Crippen LogP contribution is 2.27. The molecular weight excluding hydrogens is 206 g/mol. The molecule has 0 aromatic heterocycles. The van der Waals surface area contributed by atoms with Crippen molar-refractivity contribution in [2.45, 2.75) is 56.6 Å². The Morgan fingerprint density at radius 1 is 1.20 bits per heavy atom. The van der Waals surface area contributed by atoms with E-state index in [2.05, 4.69) is 5.32 Å². The third-order valence-corrected chi connectivity index (χ3v) is 4.88. The van der Waals surface area contributed by atoms with Crippen molar-refractivity contribution in [1.82, 2.24) is 5.32 Å². The van der Waals surface area contributed by atoms with Crippen LogP contribution in [0.25, 0.3) is 0 Å². The van der Waals surface area contributed by atoms with Gasteiger partial charge in [0.05, 0.1) is 5.60 Å². The largest absolute Gasteiger partial charge is 0.389 e. The van der Waals surface area contributed by atoms with Gasteiger partial charge in [0.25, 0.3) is 0 Å². The van der Waals surface area contributed by atoms with Gasteiger partial charge >= 0.3 is 0 Å². The first kappa shape index (κ1) is 11.7. The highest BCUT2D eigenvalue weighted by atomic mass is 32.2. The van der Waals surface area contributed by atoms with Gasteiger partial charge in [-0.25, -0.2) is 0 Å². The van der Waals surface area contributed by atoms with Crippen LogP contribution in [0.2, 0.25) is 0 Å². The minimum Gasteiger partial charge on any atom is -0.389 e. The Hall–Kier alpha value is 0.270. The minimum atomic E-state index is -0.389. The Bertz CT molecular complexity index is 186. The molecule has 0 radical (unpaired) electrons. The van der Waals surface area contributed by atoms with Gasteiger partial charge in [-0.1, -0.05) is 19.3 Å². The van der Waals surface area contributed by atoms with Crippen LogP contribution in [-0.4, -0.2) is 34.8 Å². The number of nitrogens with one attached hydrogen (secondary N) is 1. The van der Waals surface area contributed by atoms with E-state index >= 15 is 0 Å². The predicted octanol–water partition coefficient (Wildman–Crippen LogP) is 2.17. The van der Waals surface area contributed by atoms with E-state index < -0.39 is 0 Å². The van der Waals surface area contributed by atoms with Crippen molar-refractivity contribution in [2.75, 3.05) is 18.1 Å². The first-order valence-corrected chi connectivity index (χ1v) is 7.48. The van der Waals surface area contributed by atoms with Crippen molar-refractivity contribution in [1.29, 1.82) is 0 Å². The Kier molecular flexibility index (Phi) is 4.35. The van der Waals surface area contributed by atoms with Crippen LogP contribution in [0.15, 0.2) is 0 Å². The summed E-state index contributed by atoms with van der Waals surface area (Å²) in [7, 11) is 0. The number of hydrogen-bond acceptors (Lipinski definition) is 3. The molecule has 0 aromatic carbocycles. The molecule has 2 N–H and O–H groups in total.